The van der Waals surface area contributed by atoms with Crippen LogP contribution in [-0.4, -0.2) is 53.3 Å². The molecule has 1 aliphatic carbocycles. The van der Waals surface area contributed by atoms with E-state index in [-0.39, 0.29) is 29.8 Å². The van der Waals surface area contributed by atoms with Gasteiger partial charge in [-0.15, -0.1) is 0 Å². The van der Waals surface area contributed by atoms with Crippen molar-refractivity contribution in [3.63, 3.8) is 0 Å². The molecule has 2 rings (SSSR count). The number of likely N-dealkylation sites (N-methyl/N-ethyl adjacent to an activating group) is 1. The lowest BCUT2D eigenvalue weighted by atomic mass is 10.1. The highest BCUT2D eigenvalue weighted by molar-refractivity contribution is 5.89. The van der Waals surface area contributed by atoms with E-state index >= 15 is 0 Å². The monoisotopic (exact) mass is 281 g/mol. The minimum Gasteiger partial charge on any atom is -0.341 e. The zero-order chi connectivity index (χ0) is 14.7. The zero-order valence-corrected chi connectivity index (χ0v) is 12.7. The molecular formula is C15H27N3O2. The van der Waals surface area contributed by atoms with Crippen molar-refractivity contribution in [1.82, 2.24) is 9.80 Å². The molecule has 1 heterocycles. The van der Waals surface area contributed by atoms with E-state index in [4.69, 9.17) is 5.73 Å². The predicted octanol–water partition coefficient (Wildman–Crippen LogP) is 0.973. The van der Waals surface area contributed by atoms with Crippen molar-refractivity contribution in [3.05, 3.63) is 0 Å². The van der Waals surface area contributed by atoms with Crippen molar-refractivity contribution in [2.75, 3.05) is 19.6 Å². The first-order valence-electron chi connectivity index (χ1n) is 7.93. The van der Waals surface area contributed by atoms with Crippen molar-refractivity contribution < 1.29 is 9.59 Å². The second kappa shape index (κ2) is 6.57. The summed E-state index contributed by atoms with van der Waals surface area (Å²) in [7, 11) is 0. The van der Waals surface area contributed by atoms with Crippen LogP contribution in [0.15, 0.2) is 0 Å². The van der Waals surface area contributed by atoms with Gasteiger partial charge in [0.05, 0.1) is 0 Å². The highest BCUT2D eigenvalue weighted by atomic mass is 16.2. The molecule has 0 aromatic carbocycles. The molecule has 114 valence electrons. The number of rotatable bonds is 4. The lowest BCUT2D eigenvalue weighted by Crippen LogP contribution is -2.49. The molecule has 0 radical (unpaired) electrons. The number of hydrogen-bond donors (Lipinski definition) is 1. The van der Waals surface area contributed by atoms with E-state index in [1.165, 1.54) is 0 Å². The van der Waals surface area contributed by atoms with E-state index < -0.39 is 0 Å². The quantitative estimate of drug-likeness (QED) is 0.835. The number of nitrogens with zero attached hydrogens (tertiary/aromatic N) is 2. The lowest BCUT2D eigenvalue weighted by molar-refractivity contribution is -0.145. The van der Waals surface area contributed by atoms with Gasteiger partial charge in [-0.05, 0) is 46.0 Å². The Hall–Kier alpha value is -1.10. The van der Waals surface area contributed by atoms with Gasteiger partial charge in [0.25, 0.3) is 0 Å². The molecule has 5 heteroatoms. The fourth-order valence-corrected chi connectivity index (χ4v) is 3.51. The lowest BCUT2D eigenvalue weighted by Gasteiger charge is -2.30. The van der Waals surface area contributed by atoms with Gasteiger partial charge in [0.2, 0.25) is 11.8 Å². The fraction of sp³-hybridized carbons (Fsp3) is 0.867. The average Bonchev–Trinajstić information content (AvgIpc) is 3.07. The van der Waals surface area contributed by atoms with Crippen LogP contribution in [0.1, 0.15) is 46.0 Å². The highest BCUT2D eigenvalue weighted by Gasteiger charge is 2.40. The molecule has 5 nitrogen and oxygen atoms in total. The molecule has 2 amide bonds. The third-order valence-electron chi connectivity index (χ3n) is 4.72. The van der Waals surface area contributed by atoms with Crippen molar-refractivity contribution in [1.29, 1.82) is 0 Å². The summed E-state index contributed by atoms with van der Waals surface area (Å²) < 4.78 is 0. The maximum Gasteiger partial charge on any atom is 0.245 e. The summed E-state index contributed by atoms with van der Waals surface area (Å²) in [5.41, 5.74) is 5.90. The molecule has 0 spiro atoms. The minimum absolute atomic E-state index is 0.0371. The van der Waals surface area contributed by atoms with Crippen LogP contribution in [0.2, 0.25) is 0 Å². The SMILES string of the molecule is CCN(CC)C(=O)C1CCCN1C(=O)C1CCC(N)C1. The normalized spacial score (nSPS) is 29.8. The zero-order valence-electron chi connectivity index (χ0n) is 12.7. The van der Waals surface area contributed by atoms with Crippen molar-refractivity contribution in [3.8, 4) is 0 Å². The van der Waals surface area contributed by atoms with Gasteiger partial charge in [-0.1, -0.05) is 0 Å². The molecule has 1 saturated carbocycles. The molecular weight excluding hydrogens is 254 g/mol. The van der Waals surface area contributed by atoms with E-state index in [1.54, 1.807) is 0 Å². The molecule has 1 saturated heterocycles. The van der Waals surface area contributed by atoms with Gasteiger partial charge in [-0.3, -0.25) is 9.59 Å². The number of carbonyl (C=O) groups is 2. The number of carbonyl (C=O) groups excluding carboxylic acids is 2. The summed E-state index contributed by atoms with van der Waals surface area (Å²) in [4.78, 5) is 28.8. The summed E-state index contributed by atoms with van der Waals surface area (Å²) in [5, 5.41) is 0. The summed E-state index contributed by atoms with van der Waals surface area (Å²) in [5.74, 6) is 0.305. The molecule has 1 aliphatic heterocycles. The Bertz CT molecular complexity index is 368. The van der Waals surface area contributed by atoms with E-state index in [0.717, 1.165) is 38.6 Å². The van der Waals surface area contributed by atoms with Gasteiger partial charge in [-0.25, -0.2) is 0 Å². The highest BCUT2D eigenvalue weighted by Crippen LogP contribution is 2.29. The molecule has 2 fully saturated rings. The van der Waals surface area contributed by atoms with Gasteiger partial charge in [0.1, 0.15) is 6.04 Å². The maximum absolute atomic E-state index is 12.6. The minimum atomic E-state index is -0.237. The standard InChI is InChI=1S/C15H27N3O2/c1-3-17(4-2)15(20)13-6-5-9-18(13)14(19)11-7-8-12(16)10-11/h11-13H,3-10,16H2,1-2H3. The van der Waals surface area contributed by atoms with Gasteiger partial charge in [0.15, 0.2) is 0 Å². The predicted molar refractivity (Wildman–Crippen MR) is 78.0 cm³/mol. The second-order valence-corrected chi connectivity index (χ2v) is 5.97. The van der Waals surface area contributed by atoms with Gasteiger partial charge < -0.3 is 15.5 Å². The summed E-state index contributed by atoms with van der Waals surface area (Å²) in [6, 6.07) is -0.0808. The Labute approximate surface area is 121 Å². The van der Waals surface area contributed by atoms with Crippen molar-refractivity contribution >= 4 is 11.8 Å². The topological polar surface area (TPSA) is 66.6 Å². The molecule has 0 aromatic heterocycles. The summed E-state index contributed by atoms with van der Waals surface area (Å²) >= 11 is 0. The number of amides is 2. The van der Waals surface area contributed by atoms with E-state index in [9.17, 15) is 9.59 Å². The van der Waals surface area contributed by atoms with Crippen LogP contribution in [0.3, 0.4) is 0 Å². The van der Waals surface area contributed by atoms with Crippen LogP contribution in [-0.2, 0) is 9.59 Å². The second-order valence-electron chi connectivity index (χ2n) is 5.97. The number of hydrogen-bond acceptors (Lipinski definition) is 3. The van der Waals surface area contributed by atoms with Crippen molar-refractivity contribution in [2.45, 2.75) is 58.0 Å². The first-order valence-corrected chi connectivity index (χ1v) is 7.93. The van der Waals surface area contributed by atoms with E-state index in [0.29, 0.717) is 13.1 Å². The maximum atomic E-state index is 12.6. The van der Waals surface area contributed by atoms with Crippen molar-refractivity contribution in [2.24, 2.45) is 11.7 Å². The summed E-state index contributed by atoms with van der Waals surface area (Å²) in [6.45, 7) is 6.11. The fourth-order valence-electron chi connectivity index (χ4n) is 3.51. The largest absolute Gasteiger partial charge is 0.341 e. The van der Waals surface area contributed by atoms with Crippen LogP contribution in [0.5, 0.6) is 0 Å². The Kier molecular flexibility index (Phi) is 5.02. The summed E-state index contributed by atoms with van der Waals surface area (Å²) in [6.07, 6.45) is 4.32. The van der Waals surface area contributed by atoms with Crippen LogP contribution in [0.25, 0.3) is 0 Å². The van der Waals surface area contributed by atoms with E-state index in [2.05, 4.69) is 0 Å². The molecule has 20 heavy (non-hydrogen) atoms. The molecule has 0 aromatic rings. The molecule has 2 N–H and O–H groups in total. The van der Waals surface area contributed by atoms with Crippen LogP contribution < -0.4 is 5.73 Å². The number of nitrogens with two attached hydrogens (primary N) is 1. The Balaban J connectivity index is 2.03. The van der Waals surface area contributed by atoms with Crippen LogP contribution in [0.4, 0.5) is 0 Å². The average molecular weight is 281 g/mol. The van der Waals surface area contributed by atoms with Crippen LogP contribution >= 0.6 is 0 Å². The third kappa shape index (κ3) is 2.97. The Morgan fingerprint density at radius 2 is 1.90 bits per heavy atom. The Morgan fingerprint density at radius 3 is 2.45 bits per heavy atom. The van der Waals surface area contributed by atoms with Gasteiger partial charge >= 0.3 is 0 Å². The molecule has 3 unspecified atom stereocenters. The molecule has 2 aliphatic rings. The van der Waals surface area contributed by atoms with Gasteiger partial charge in [-0.2, -0.15) is 0 Å². The molecule has 0 bridgehead atoms. The first kappa shape index (κ1) is 15.3. The number of likely N-dealkylation sites (tertiary alicyclic amines) is 1. The van der Waals surface area contributed by atoms with Gasteiger partial charge in [0, 0.05) is 31.6 Å². The first-order chi connectivity index (χ1) is 9.58. The van der Waals surface area contributed by atoms with E-state index in [1.807, 2.05) is 23.6 Å². The third-order valence-corrected chi connectivity index (χ3v) is 4.72. The smallest absolute Gasteiger partial charge is 0.245 e. The Morgan fingerprint density at radius 1 is 1.20 bits per heavy atom. The molecule has 3 atom stereocenters. The van der Waals surface area contributed by atoms with Crippen LogP contribution in [0, 0.1) is 5.92 Å².